The minimum atomic E-state index is 0.486. The van der Waals surface area contributed by atoms with Crippen molar-refractivity contribution >= 4 is 43.9 Å². The molecule has 0 saturated carbocycles. The van der Waals surface area contributed by atoms with E-state index in [-0.39, 0.29) is 0 Å². The fourth-order valence-corrected chi connectivity index (χ4v) is 2.64. The number of aromatic nitrogens is 2. The molecule has 0 atom stereocenters. The van der Waals surface area contributed by atoms with Gasteiger partial charge in [0.25, 0.3) is 0 Å². The van der Waals surface area contributed by atoms with Gasteiger partial charge in [0, 0.05) is 23.0 Å². The quantitative estimate of drug-likeness (QED) is 0.697. The summed E-state index contributed by atoms with van der Waals surface area (Å²) in [6, 6.07) is 3.72. The van der Waals surface area contributed by atoms with Crippen LogP contribution in [0.3, 0.4) is 0 Å². The van der Waals surface area contributed by atoms with Crippen LogP contribution in [0.4, 0.5) is 16.6 Å². The van der Waals surface area contributed by atoms with Crippen molar-refractivity contribution in [2.45, 2.75) is 0 Å². The molecular weight excluding hydrogens is 302 g/mol. The lowest BCUT2D eigenvalue weighted by atomic mass is 10.4. The molecule has 0 amide bonds. The summed E-state index contributed by atoms with van der Waals surface area (Å²) < 4.78 is 1.04. The van der Waals surface area contributed by atoms with Gasteiger partial charge in [-0.1, -0.05) is 0 Å². The molecule has 0 aliphatic heterocycles. The first-order valence-corrected chi connectivity index (χ1v) is 6.33. The van der Waals surface area contributed by atoms with Crippen LogP contribution in [-0.2, 0) is 0 Å². The highest BCUT2D eigenvalue weighted by atomic mass is 79.9. The number of hydrogen-bond donors (Lipinski definition) is 1. The summed E-state index contributed by atoms with van der Waals surface area (Å²) in [6.45, 7) is 0. The molecule has 5 nitrogen and oxygen atoms in total. The summed E-state index contributed by atoms with van der Waals surface area (Å²) in [5.41, 5.74) is 0. The first-order chi connectivity index (χ1) is 8.20. The number of hydrogen-bond acceptors (Lipinski definition) is 6. The molecule has 0 fully saturated rings. The van der Waals surface area contributed by atoms with Crippen LogP contribution < -0.4 is 10.2 Å². The molecule has 0 spiro atoms. The molecule has 2 rings (SSSR count). The molecular formula is C10H8BrN5S. The first-order valence-electron chi connectivity index (χ1n) is 4.65. The van der Waals surface area contributed by atoms with Crippen molar-refractivity contribution in [1.82, 2.24) is 9.97 Å². The van der Waals surface area contributed by atoms with Gasteiger partial charge in [0.05, 0.1) is 5.00 Å². The van der Waals surface area contributed by atoms with E-state index in [2.05, 4.69) is 31.2 Å². The second kappa shape index (κ2) is 5.12. The second-order valence-corrected chi connectivity index (χ2v) is 4.97. The van der Waals surface area contributed by atoms with Gasteiger partial charge in [0.1, 0.15) is 18.0 Å². The van der Waals surface area contributed by atoms with Crippen molar-refractivity contribution in [2.75, 3.05) is 17.3 Å². The summed E-state index contributed by atoms with van der Waals surface area (Å²) in [5, 5.41) is 14.1. The third kappa shape index (κ3) is 2.72. The van der Waals surface area contributed by atoms with E-state index < -0.39 is 0 Å². The minimum absolute atomic E-state index is 0.486. The van der Waals surface area contributed by atoms with Gasteiger partial charge in [-0.3, -0.25) is 5.32 Å². The van der Waals surface area contributed by atoms with E-state index in [1.54, 1.807) is 17.4 Å². The van der Waals surface area contributed by atoms with Gasteiger partial charge in [-0.15, -0.1) is 11.3 Å². The molecule has 0 aromatic carbocycles. The molecule has 2 aromatic heterocycles. The summed E-state index contributed by atoms with van der Waals surface area (Å²) in [7, 11) is 1.91. The lowest BCUT2D eigenvalue weighted by Crippen LogP contribution is -2.10. The third-order valence-corrected chi connectivity index (χ3v) is 3.83. The molecule has 7 heteroatoms. The molecule has 86 valence electrons. The number of nitriles is 1. The smallest absolute Gasteiger partial charge is 0.182 e. The van der Waals surface area contributed by atoms with Crippen molar-refractivity contribution in [3.63, 3.8) is 0 Å². The molecule has 2 aromatic rings. The zero-order valence-corrected chi connectivity index (χ0v) is 11.3. The maximum absolute atomic E-state index is 8.53. The van der Waals surface area contributed by atoms with Gasteiger partial charge in [0.2, 0.25) is 0 Å². The van der Waals surface area contributed by atoms with Gasteiger partial charge >= 0.3 is 0 Å². The topological polar surface area (TPSA) is 64.8 Å². The average Bonchev–Trinajstić information content (AvgIpc) is 2.76. The van der Waals surface area contributed by atoms with Crippen LogP contribution in [0.15, 0.2) is 28.3 Å². The Morgan fingerprint density at radius 2 is 2.29 bits per heavy atom. The fraction of sp³-hybridized carbons (Fsp3) is 0.100. The second-order valence-electron chi connectivity index (χ2n) is 3.16. The van der Waals surface area contributed by atoms with Crippen molar-refractivity contribution in [2.24, 2.45) is 0 Å². The number of anilines is 3. The van der Waals surface area contributed by atoms with Crippen LogP contribution in [0.1, 0.15) is 0 Å². The monoisotopic (exact) mass is 309 g/mol. The summed E-state index contributed by atoms with van der Waals surface area (Å²) >= 11 is 5.01. The molecule has 1 N–H and O–H groups in total. The Labute approximate surface area is 111 Å². The van der Waals surface area contributed by atoms with Crippen LogP contribution in [0.5, 0.6) is 0 Å². The number of halogens is 1. The fourth-order valence-electron chi connectivity index (χ4n) is 1.25. The molecule has 17 heavy (non-hydrogen) atoms. The van der Waals surface area contributed by atoms with Gasteiger partial charge in [-0.25, -0.2) is 9.97 Å². The molecule has 0 bridgehead atoms. The predicted octanol–water partition coefficient (Wildman–Crippen LogP) is 2.96. The lowest BCUT2D eigenvalue weighted by molar-refractivity contribution is 1.09. The molecule has 0 radical (unpaired) electrons. The van der Waals surface area contributed by atoms with E-state index in [1.807, 2.05) is 29.6 Å². The van der Waals surface area contributed by atoms with Gasteiger partial charge in [0.15, 0.2) is 6.19 Å². The van der Waals surface area contributed by atoms with Gasteiger partial charge in [-0.2, -0.15) is 5.26 Å². The van der Waals surface area contributed by atoms with Crippen LogP contribution in [0, 0.1) is 11.5 Å². The van der Waals surface area contributed by atoms with Crippen LogP contribution in [-0.4, -0.2) is 17.0 Å². The lowest BCUT2D eigenvalue weighted by Gasteiger charge is -2.15. The molecule has 0 aliphatic carbocycles. The largest absolute Gasteiger partial charge is 0.321 e. The van der Waals surface area contributed by atoms with Crippen LogP contribution in [0.25, 0.3) is 0 Å². The van der Waals surface area contributed by atoms with Crippen LogP contribution in [0.2, 0.25) is 0 Å². The van der Waals surface area contributed by atoms with Crippen molar-refractivity contribution < 1.29 is 0 Å². The van der Waals surface area contributed by atoms with E-state index in [0.29, 0.717) is 5.82 Å². The average molecular weight is 310 g/mol. The minimum Gasteiger partial charge on any atom is -0.321 e. The van der Waals surface area contributed by atoms with Gasteiger partial charge in [-0.05, 0) is 22.0 Å². The Hall–Kier alpha value is -1.65. The summed E-state index contributed by atoms with van der Waals surface area (Å²) in [4.78, 5) is 10.0. The maximum Gasteiger partial charge on any atom is 0.182 e. The number of thiophene rings is 1. The van der Waals surface area contributed by atoms with Gasteiger partial charge < -0.3 is 4.90 Å². The Bertz CT molecular complexity index is 562. The Kier molecular flexibility index (Phi) is 3.56. The standard InChI is InChI=1S/C10H8BrN5S/c1-16(10-2-7(11)4-17-10)9-3-8(13-5-12)14-6-15-9/h2-4,6H,1H3,(H,13,14,15). The molecule has 0 unspecified atom stereocenters. The van der Waals surface area contributed by atoms with E-state index in [0.717, 1.165) is 15.3 Å². The zero-order valence-electron chi connectivity index (χ0n) is 8.88. The predicted molar refractivity (Wildman–Crippen MR) is 71.3 cm³/mol. The van der Waals surface area contributed by atoms with E-state index in [9.17, 15) is 0 Å². The summed E-state index contributed by atoms with van der Waals surface area (Å²) in [6.07, 6.45) is 3.26. The van der Waals surface area contributed by atoms with Crippen molar-refractivity contribution in [1.29, 1.82) is 5.26 Å². The maximum atomic E-state index is 8.53. The Morgan fingerprint density at radius 3 is 2.94 bits per heavy atom. The van der Waals surface area contributed by atoms with Crippen molar-refractivity contribution in [3.05, 3.63) is 28.3 Å². The van der Waals surface area contributed by atoms with Crippen molar-refractivity contribution in [3.8, 4) is 6.19 Å². The number of rotatable bonds is 3. The number of nitrogens with one attached hydrogen (secondary N) is 1. The highest BCUT2D eigenvalue weighted by Crippen LogP contribution is 2.31. The highest BCUT2D eigenvalue weighted by Gasteiger charge is 2.08. The normalized spacial score (nSPS) is 9.71. The van der Waals surface area contributed by atoms with E-state index in [4.69, 9.17) is 5.26 Å². The molecule has 2 heterocycles. The zero-order chi connectivity index (χ0) is 12.3. The molecule has 0 aliphatic rings. The SMILES string of the molecule is CN(c1cc(NC#N)ncn1)c1cc(Br)cs1. The van der Waals surface area contributed by atoms with E-state index >= 15 is 0 Å². The Balaban J connectivity index is 2.28. The first kappa shape index (κ1) is 11.8. The third-order valence-electron chi connectivity index (χ3n) is 2.06. The Morgan fingerprint density at radius 1 is 1.47 bits per heavy atom. The van der Waals surface area contributed by atoms with E-state index in [1.165, 1.54) is 6.33 Å². The number of nitrogens with zero attached hydrogens (tertiary/aromatic N) is 4. The molecule has 0 saturated heterocycles. The highest BCUT2D eigenvalue weighted by molar-refractivity contribution is 9.10. The summed E-state index contributed by atoms with van der Waals surface area (Å²) in [5.74, 6) is 1.21. The van der Waals surface area contributed by atoms with Crippen LogP contribution >= 0.6 is 27.3 Å².